The van der Waals surface area contributed by atoms with Gasteiger partial charge < -0.3 is 14.2 Å². The predicted octanol–water partition coefficient (Wildman–Crippen LogP) is 3.37. The molecule has 2 heterocycles. The summed E-state index contributed by atoms with van der Waals surface area (Å²) in [6.45, 7) is 3.71. The second-order valence-corrected chi connectivity index (χ2v) is 7.90. The predicted molar refractivity (Wildman–Crippen MR) is 103 cm³/mol. The largest absolute Gasteiger partial charge is 0.497 e. The van der Waals surface area contributed by atoms with Crippen molar-refractivity contribution >= 4 is 17.7 Å². The average Bonchev–Trinajstić information content (AvgIpc) is 2.87. The third kappa shape index (κ3) is 4.20. The number of nitrogens with zero attached hydrogens (tertiary/aromatic N) is 4. The Morgan fingerprint density at radius 2 is 1.77 bits per heavy atom. The first-order valence-electron chi connectivity index (χ1n) is 9.09. The van der Waals surface area contributed by atoms with E-state index in [0.29, 0.717) is 0 Å². The fourth-order valence-corrected chi connectivity index (χ4v) is 4.06. The lowest BCUT2D eigenvalue weighted by Crippen LogP contribution is -2.37. The molecule has 0 bridgehead atoms. The molecule has 2 aromatic rings. The van der Waals surface area contributed by atoms with Crippen LogP contribution >= 0.6 is 11.8 Å². The van der Waals surface area contributed by atoms with E-state index in [1.165, 1.54) is 24.6 Å². The molecule has 0 unspecified atom stereocenters. The molecule has 1 saturated heterocycles. The van der Waals surface area contributed by atoms with Crippen molar-refractivity contribution in [3.05, 3.63) is 24.3 Å². The molecule has 140 valence electrons. The van der Waals surface area contributed by atoms with Gasteiger partial charge in [0, 0.05) is 25.7 Å². The molecular weight excluding hydrogens is 348 g/mol. The van der Waals surface area contributed by atoms with E-state index in [1.807, 2.05) is 47.7 Å². The SMILES string of the molecule is COc1ccc(-c2nnc(S[C@H](C)C(=O)N3CCCCCC3)n2C)cc1. The number of rotatable bonds is 5. The topological polar surface area (TPSA) is 60.3 Å². The highest BCUT2D eigenvalue weighted by molar-refractivity contribution is 8.00. The number of likely N-dealkylation sites (tertiary alicyclic amines) is 1. The molecule has 0 N–H and O–H groups in total. The summed E-state index contributed by atoms with van der Waals surface area (Å²) in [7, 11) is 3.58. The van der Waals surface area contributed by atoms with Crippen LogP contribution in [0.15, 0.2) is 29.4 Å². The minimum atomic E-state index is -0.167. The zero-order valence-corrected chi connectivity index (χ0v) is 16.5. The molecule has 1 aromatic heterocycles. The average molecular weight is 375 g/mol. The number of benzene rings is 1. The Hall–Kier alpha value is -2.02. The van der Waals surface area contributed by atoms with Gasteiger partial charge in [-0.3, -0.25) is 4.79 Å². The summed E-state index contributed by atoms with van der Waals surface area (Å²) in [6, 6.07) is 7.73. The second kappa shape index (κ2) is 8.58. The van der Waals surface area contributed by atoms with E-state index in [0.717, 1.165) is 48.2 Å². The molecule has 3 rings (SSSR count). The van der Waals surface area contributed by atoms with Gasteiger partial charge in [0.25, 0.3) is 0 Å². The van der Waals surface area contributed by atoms with Gasteiger partial charge in [-0.25, -0.2) is 0 Å². The Kier molecular flexibility index (Phi) is 6.19. The van der Waals surface area contributed by atoms with E-state index in [4.69, 9.17) is 4.74 Å². The summed E-state index contributed by atoms with van der Waals surface area (Å²) in [4.78, 5) is 14.8. The maximum atomic E-state index is 12.7. The van der Waals surface area contributed by atoms with Crippen molar-refractivity contribution in [1.29, 1.82) is 0 Å². The van der Waals surface area contributed by atoms with Crippen LogP contribution in [0.2, 0.25) is 0 Å². The Morgan fingerprint density at radius 3 is 2.38 bits per heavy atom. The molecule has 1 aromatic carbocycles. The van der Waals surface area contributed by atoms with Gasteiger partial charge in [0.15, 0.2) is 11.0 Å². The molecule has 1 aliphatic heterocycles. The van der Waals surface area contributed by atoms with Gasteiger partial charge in [-0.15, -0.1) is 10.2 Å². The molecule has 1 amide bonds. The Morgan fingerprint density at radius 1 is 1.12 bits per heavy atom. The number of amides is 1. The van der Waals surface area contributed by atoms with Crippen molar-refractivity contribution in [2.24, 2.45) is 7.05 Å². The summed E-state index contributed by atoms with van der Waals surface area (Å²) < 4.78 is 7.14. The summed E-state index contributed by atoms with van der Waals surface area (Å²) in [5.41, 5.74) is 0.971. The van der Waals surface area contributed by atoms with E-state index in [9.17, 15) is 4.79 Å². The molecule has 0 saturated carbocycles. The lowest BCUT2D eigenvalue weighted by atomic mass is 10.2. The number of methoxy groups -OCH3 is 1. The van der Waals surface area contributed by atoms with Crippen molar-refractivity contribution in [2.45, 2.75) is 43.0 Å². The van der Waals surface area contributed by atoms with Gasteiger partial charge in [0.2, 0.25) is 5.91 Å². The summed E-state index contributed by atoms with van der Waals surface area (Å²) in [5, 5.41) is 9.19. The molecule has 26 heavy (non-hydrogen) atoms. The highest BCUT2D eigenvalue weighted by Gasteiger charge is 2.24. The van der Waals surface area contributed by atoms with Gasteiger partial charge in [-0.05, 0) is 44.0 Å². The van der Waals surface area contributed by atoms with Crippen LogP contribution < -0.4 is 4.74 Å². The van der Waals surface area contributed by atoms with E-state index in [-0.39, 0.29) is 11.2 Å². The highest BCUT2D eigenvalue weighted by atomic mass is 32.2. The van der Waals surface area contributed by atoms with Gasteiger partial charge >= 0.3 is 0 Å². The number of hydrogen-bond donors (Lipinski definition) is 0. The van der Waals surface area contributed by atoms with E-state index in [2.05, 4.69) is 10.2 Å². The number of hydrogen-bond acceptors (Lipinski definition) is 5. The van der Waals surface area contributed by atoms with E-state index >= 15 is 0 Å². The lowest BCUT2D eigenvalue weighted by Gasteiger charge is -2.23. The third-order valence-corrected chi connectivity index (χ3v) is 5.85. The quantitative estimate of drug-likeness (QED) is 0.751. The first kappa shape index (κ1) is 18.8. The normalized spacial score (nSPS) is 16.2. The molecule has 0 aliphatic carbocycles. The molecule has 0 spiro atoms. The van der Waals surface area contributed by atoms with Crippen molar-refractivity contribution in [2.75, 3.05) is 20.2 Å². The number of ether oxygens (including phenoxy) is 1. The monoisotopic (exact) mass is 374 g/mol. The standard InChI is InChI=1S/C19H26N4O2S/c1-14(18(24)23-12-6-4-5-7-13-23)26-19-21-20-17(22(19)2)15-8-10-16(25-3)11-9-15/h8-11,14H,4-7,12-13H2,1-3H3/t14-/m1/s1. The van der Waals surface area contributed by atoms with Gasteiger partial charge in [0.05, 0.1) is 12.4 Å². The summed E-state index contributed by atoms with van der Waals surface area (Å²) >= 11 is 1.48. The van der Waals surface area contributed by atoms with Crippen LogP contribution in [0.25, 0.3) is 11.4 Å². The smallest absolute Gasteiger partial charge is 0.235 e. The van der Waals surface area contributed by atoms with Crippen molar-refractivity contribution in [3.8, 4) is 17.1 Å². The van der Waals surface area contributed by atoms with Gasteiger partial charge in [-0.2, -0.15) is 0 Å². The van der Waals surface area contributed by atoms with Crippen LogP contribution in [0.3, 0.4) is 0 Å². The lowest BCUT2D eigenvalue weighted by molar-refractivity contribution is -0.130. The van der Waals surface area contributed by atoms with Crippen molar-refractivity contribution in [3.63, 3.8) is 0 Å². The Bertz CT molecular complexity index is 736. The molecule has 1 aliphatic rings. The maximum absolute atomic E-state index is 12.7. The number of aromatic nitrogens is 3. The molecule has 1 fully saturated rings. The van der Waals surface area contributed by atoms with E-state index in [1.54, 1.807) is 7.11 Å². The summed E-state index contributed by atoms with van der Waals surface area (Å²) in [6.07, 6.45) is 4.66. The Balaban J connectivity index is 1.69. The third-order valence-electron chi connectivity index (χ3n) is 4.73. The molecular formula is C19H26N4O2S. The molecule has 1 atom stereocenters. The highest BCUT2D eigenvalue weighted by Crippen LogP contribution is 2.28. The van der Waals surface area contributed by atoms with Gasteiger partial charge in [-0.1, -0.05) is 24.6 Å². The van der Waals surface area contributed by atoms with Crippen LogP contribution in [-0.4, -0.2) is 51.0 Å². The van der Waals surface area contributed by atoms with E-state index < -0.39 is 0 Å². The number of carbonyl (C=O) groups is 1. The van der Waals surface area contributed by atoms with Crippen molar-refractivity contribution in [1.82, 2.24) is 19.7 Å². The molecule has 7 heteroatoms. The zero-order valence-electron chi connectivity index (χ0n) is 15.6. The second-order valence-electron chi connectivity index (χ2n) is 6.59. The van der Waals surface area contributed by atoms with Crippen LogP contribution in [0.5, 0.6) is 5.75 Å². The summed E-state index contributed by atoms with van der Waals surface area (Å²) in [5.74, 6) is 1.79. The molecule has 0 radical (unpaired) electrons. The van der Waals surface area contributed by atoms with Crippen molar-refractivity contribution < 1.29 is 9.53 Å². The number of thioether (sulfide) groups is 1. The first-order chi connectivity index (χ1) is 12.6. The minimum absolute atomic E-state index is 0.167. The maximum Gasteiger partial charge on any atom is 0.235 e. The van der Waals surface area contributed by atoms with Crippen LogP contribution in [0, 0.1) is 0 Å². The number of carbonyl (C=O) groups excluding carboxylic acids is 1. The molecule has 6 nitrogen and oxygen atoms in total. The zero-order chi connectivity index (χ0) is 18.5. The van der Waals surface area contributed by atoms with Crippen LogP contribution in [0.4, 0.5) is 0 Å². The fourth-order valence-electron chi connectivity index (χ4n) is 3.17. The van der Waals surface area contributed by atoms with Crippen LogP contribution in [-0.2, 0) is 11.8 Å². The fraction of sp³-hybridized carbons (Fsp3) is 0.526. The van der Waals surface area contributed by atoms with Crippen LogP contribution in [0.1, 0.15) is 32.6 Å². The Labute approximate surface area is 158 Å². The van der Waals surface area contributed by atoms with Gasteiger partial charge in [0.1, 0.15) is 5.75 Å². The first-order valence-corrected chi connectivity index (χ1v) is 9.97. The minimum Gasteiger partial charge on any atom is -0.497 e.